The summed E-state index contributed by atoms with van der Waals surface area (Å²) >= 11 is 1.78. The number of piperazine rings is 1. The summed E-state index contributed by atoms with van der Waals surface area (Å²) in [5.41, 5.74) is 0. The molecule has 1 amide bonds. The number of nitrogens with one attached hydrogen (secondary N) is 1. The fourth-order valence-corrected chi connectivity index (χ4v) is 4.09. The summed E-state index contributed by atoms with van der Waals surface area (Å²) in [5, 5.41) is 5.42. The summed E-state index contributed by atoms with van der Waals surface area (Å²) < 4.78 is 0. The molecule has 156 valence electrons. The molecule has 1 aliphatic heterocycles. The maximum Gasteiger partial charge on any atom is 0.224 e. The number of carbonyl (C=O) groups excluding carboxylic acids is 1. The minimum absolute atomic E-state index is 0.190. The molecule has 8 heteroatoms. The Morgan fingerprint density at radius 1 is 1.24 bits per heavy atom. The van der Waals surface area contributed by atoms with E-state index in [1.165, 1.54) is 4.88 Å². The van der Waals surface area contributed by atoms with Gasteiger partial charge in [0.05, 0.1) is 0 Å². The van der Waals surface area contributed by atoms with Crippen LogP contribution in [0, 0.1) is 0 Å². The lowest BCUT2D eigenvalue weighted by Crippen LogP contribution is -2.49. The molecule has 2 aromatic rings. The summed E-state index contributed by atoms with van der Waals surface area (Å²) in [4.78, 5) is 28.9. The molecule has 3 rings (SSSR count). The summed E-state index contributed by atoms with van der Waals surface area (Å²) in [6.45, 7) is 4.61. The highest BCUT2D eigenvalue weighted by molar-refractivity contribution is 7.09. The maximum atomic E-state index is 12.6. The van der Waals surface area contributed by atoms with Gasteiger partial charge in [0, 0.05) is 70.9 Å². The minimum Gasteiger partial charge on any atom is -0.356 e. The van der Waals surface area contributed by atoms with Gasteiger partial charge >= 0.3 is 0 Å². The number of thiophene rings is 1. The van der Waals surface area contributed by atoms with Crippen LogP contribution in [0.2, 0.25) is 0 Å². The van der Waals surface area contributed by atoms with Crippen molar-refractivity contribution in [3.05, 3.63) is 46.8 Å². The van der Waals surface area contributed by atoms with E-state index in [4.69, 9.17) is 0 Å². The van der Waals surface area contributed by atoms with E-state index < -0.39 is 0 Å². The van der Waals surface area contributed by atoms with Crippen molar-refractivity contribution in [1.82, 2.24) is 20.1 Å². The first-order valence-corrected chi connectivity index (χ1v) is 10.9. The zero-order chi connectivity index (χ0) is 20.5. The van der Waals surface area contributed by atoms with Crippen LogP contribution in [-0.4, -0.2) is 80.0 Å². The quantitative estimate of drug-likeness (QED) is 0.554. The zero-order valence-electron chi connectivity index (χ0n) is 17.3. The molecule has 1 aliphatic rings. The molecule has 1 N–H and O–H groups in total. The molecular formula is C21H30N6OS. The highest BCUT2D eigenvalue weighted by Crippen LogP contribution is 2.13. The van der Waals surface area contributed by atoms with E-state index in [1.807, 2.05) is 36.3 Å². The molecule has 0 atom stereocenters. The molecule has 1 fully saturated rings. The van der Waals surface area contributed by atoms with Gasteiger partial charge in [-0.1, -0.05) is 12.1 Å². The van der Waals surface area contributed by atoms with E-state index in [0.717, 1.165) is 50.9 Å². The van der Waals surface area contributed by atoms with Crippen LogP contribution in [0.5, 0.6) is 0 Å². The van der Waals surface area contributed by atoms with Crippen molar-refractivity contribution in [2.24, 2.45) is 4.99 Å². The second-order valence-electron chi connectivity index (χ2n) is 7.03. The second kappa shape index (κ2) is 10.8. The highest BCUT2D eigenvalue weighted by atomic mass is 32.1. The molecule has 29 heavy (non-hydrogen) atoms. The first kappa shape index (κ1) is 21.1. The number of aliphatic imine (C=N–C) groups is 1. The van der Waals surface area contributed by atoms with Crippen molar-refractivity contribution in [1.29, 1.82) is 0 Å². The third-order valence-corrected chi connectivity index (χ3v) is 6.01. The van der Waals surface area contributed by atoms with Crippen molar-refractivity contribution < 1.29 is 4.79 Å². The van der Waals surface area contributed by atoms with Crippen LogP contribution in [0.15, 0.2) is 46.9 Å². The Morgan fingerprint density at radius 3 is 2.72 bits per heavy atom. The van der Waals surface area contributed by atoms with Crippen molar-refractivity contribution >= 4 is 29.0 Å². The Balaban J connectivity index is 1.36. The van der Waals surface area contributed by atoms with Gasteiger partial charge in [-0.2, -0.15) is 0 Å². The van der Waals surface area contributed by atoms with Gasteiger partial charge in [-0.15, -0.1) is 11.3 Å². The van der Waals surface area contributed by atoms with Gasteiger partial charge in [-0.3, -0.25) is 9.79 Å². The maximum absolute atomic E-state index is 12.6. The van der Waals surface area contributed by atoms with Crippen LogP contribution in [0.3, 0.4) is 0 Å². The van der Waals surface area contributed by atoms with Crippen LogP contribution < -0.4 is 10.2 Å². The van der Waals surface area contributed by atoms with E-state index in [1.54, 1.807) is 18.4 Å². The molecule has 1 saturated heterocycles. The standard InChI is InChI=1S/C21H30N6OS/c1-22-21(25(2)12-9-18-6-5-17-29-18)24-11-8-20(28)27-15-13-26(14-16-27)19-7-3-4-10-23-19/h3-7,10,17H,8-9,11-16H2,1-2H3,(H,22,24). The van der Waals surface area contributed by atoms with Crippen LogP contribution in [0.25, 0.3) is 0 Å². The molecule has 7 nitrogen and oxygen atoms in total. The number of guanidine groups is 1. The summed E-state index contributed by atoms with van der Waals surface area (Å²) in [6, 6.07) is 10.2. The summed E-state index contributed by atoms with van der Waals surface area (Å²) in [5.74, 6) is 2.00. The smallest absolute Gasteiger partial charge is 0.224 e. The number of nitrogens with zero attached hydrogens (tertiary/aromatic N) is 5. The Bertz CT molecular complexity index is 772. The normalized spacial score (nSPS) is 14.8. The molecule has 0 aliphatic carbocycles. The fourth-order valence-electron chi connectivity index (χ4n) is 3.39. The lowest BCUT2D eigenvalue weighted by atomic mass is 10.2. The van der Waals surface area contributed by atoms with Crippen molar-refractivity contribution in [3.8, 4) is 0 Å². The molecule has 0 unspecified atom stereocenters. The number of anilines is 1. The Hall–Kier alpha value is -2.61. The monoisotopic (exact) mass is 414 g/mol. The van der Waals surface area contributed by atoms with E-state index >= 15 is 0 Å². The molecule has 3 heterocycles. The van der Waals surface area contributed by atoms with Gasteiger partial charge in [0.25, 0.3) is 0 Å². The summed E-state index contributed by atoms with van der Waals surface area (Å²) in [6.07, 6.45) is 3.28. The molecule has 0 saturated carbocycles. The van der Waals surface area contributed by atoms with Gasteiger partial charge in [-0.05, 0) is 30.0 Å². The van der Waals surface area contributed by atoms with Gasteiger partial charge in [0.15, 0.2) is 5.96 Å². The van der Waals surface area contributed by atoms with Crippen molar-refractivity contribution in [2.75, 3.05) is 58.3 Å². The molecule has 0 spiro atoms. The Kier molecular flexibility index (Phi) is 7.86. The number of carbonyl (C=O) groups is 1. The van der Waals surface area contributed by atoms with Gasteiger partial charge in [0.2, 0.25) is 5.91 Å². The average molecular weight is 415 g/mol. The Morgan fingerprint density at radius 2 is 2.07 bits per heavy atom. The number of hydrogen-bond acceptors (Lipinski definition) is 5. The lowest BCUT2D eigenvalue weighted by molar-refractivity contribution is -0.131. The second-order valence-corrected chi connectivity index (χ2v) is 8.06. The molecule has 0 aromatic carbocycles. The summed E-state index contributed by atoms with van der Waals surface area (Å²) in [7, 11) is 3.81. The van der Waals surface area contributed by atoms with Crippen molar-refractivity contribution in [3.63, 3.8) is 0 Å². The lowest BCUT2D eigenvalue weighted by Gasteiger charge is -2.35. The molecular weight excluding hydrogens is 384 g/mol. The van der Waals surface area contributed by atoms with E-state index in [-0.39, 0.29) is 5.91 Å². The molecule has 0 bridgehead atoms. The number of likely N-dealkylation sites (N-methyl/N-ethyl adjacent to an activating group) is 1. The first-order chi connectivity index (χ1) is 14.2. The minimum atomic E-state index is 0.190. The number of aromatic nitrogens is 1. The van der Waals surface area contributed by atoms with Crippen LogP contribution in [0.1, 0.15) is 11.3 Å². The van der Waals surface area contributed by atoms with Gasteiger partial charge in [0.1, 0.15) is 5.82 Å². The number of rotatable bonds is 7. The molecule has 0 radical (unpaired) electrons. The van der Waals surface area contributed by atoms with Crippen LogP contribution in [0.4, 0.5) is 5.82 Å². The largest absolute Gasteiger partial charge is 0.356 e. The van der Waals surface area contributed by atoms with Gasteiger partial charge in [-0.25, -0.2) is 4.98 Å². The fraction of sp³-hybridized carbons (Fsp3) is 0.476. The predicted octanol–water partition coefficient (Wildman–Crippen LogP) is 1.93. The van der Waals surface area contributed by atoms with E-state index in [9.17, 15) is 4.79 Å². The third kappa shape index (κ3) is 6.19. The molecule has 2 aromatic heterocycles. The zero-order valence-corrected chi connectivity index (χ0v) is 18.1. The first-order valence-electron chi connectivity index (χ1n) is 10.1. The highest BCUT2D eigenvalue weighted by Gasteiger charge is 2.21. The van der Waals surface area contributed by atoms with Crippen LogP contribution >= 0.6 is 11.3 Å². The van der Waals surface area contributed by atoms with Gasteiger partial charge < -0.3 is 20.0 Å². The van der Waals surface area contributed by atoms with Crippen LogP contribution in [-0.2, 0) is 11.2 Å². The SMILES string of the molecule is CN=C(NCCC(=O)N1CCN(c2ccccn2)CC1)N(C)CCc1cccs1. The topological polar surface area (TPSA) is 64.1 Å². The van der Waals surface area contributed by atoms with E-state index in [0.29, 0.717) is 13.0 Å². The average Bonchev–Trinajstić information content (AvgIpc) is 3.29. The predicted molar refractivity (Wildman–Crippen MR) is 120 cm³/mol. The number of amides is 1. The number of hydrogen-bond donors (Lipinski definition) is 1. The number of pyridine rings is 1. The third-order valence-electron chi connectivity index (χ3n) is 5.07. The Labute approximate surface area is 177 Å². The van der Waals surface area contributed by atoms with E-state index in [2.05, 4.69) is 42.6 Å². The van der Waals surface area contributed by atoms with Crippen molar-refractivity contribution in [2.45, 2.75) is 12.8 Å².